The summed E-state index contributed by atoms with van der Waals surface area (Å²) in [5, 5.41) is 2.25. The SMILES string of the molecule is O=C1CCCN1c1cc(S(=O)(=O)Nc2c(F)cc(Cl)cc2F)cc2c1N(C(=O)Nc1ccc(C(F)(F)F)cc1)CC2. The largest absolute Gasteiger partial charge is 0.416 e. The number of benzene rings is 3. The van der Waals surface area contributed by atoms with Crippen molar-refractivity contribution in [2.75, 3.05) is 32.9 Å². The molecule has 1 fully saturated rings. The summed E-state index contributed by atoms with van der Waals surface area (Å²) in [7, 11) is -4.59. The maximum atomic E-state index is 14.3. The Morgan fingerprint density at radius 3 is 2.20 bits per heavy atom. The van der Waals surface area contributed by atoms with Crippen LogP contribution in [0.15, 0.2) is 53.4 Å². The van der Waals surface area contributed by atoms with Gasteiger partial charge in [0.2, 0.25) is 5.91 Å². The lowest BCUT2D eigenvalue weighted by molar-refractivity contribution is -0.137. The number of alkyl halides is 3. The molecule has 3 amide bonds. The predicted octanol–water partition coefficient (Wildman–Crippen LogP) is 6.16. The van der Waals surface area contributed by atoms with Crippen molar-refractivity contribution in [1.82, 2.24) is 0 Å². The number of hydrogen-bond acceptors (Lipinski definition) is 4. The summed E-state index contributed by atoms with van der Waals surface area (Å²) in [5.74, 6) is -2.79. The third-order valence-corrected chi connectivity index (χ3v) is 8.19. The Morgan fingerprint density at radius 1 is 0.951 bits per heavy atom. The van der Waals surface area contributed by atoms with Crippen LogP contribution in [0.2, 0.25) is 5.02 Å². The number of nitrogens with one attached hydrogen (secondary N) is 2. The number of anilines is 4. The third-order valence-electron chi connectivity index (χ3n) is 6.64. The monoisotopic (exact) mass is 614 g/mol. The number of amides is 3. The Labute approximate surface area is 235 Å². The molecule has 0 atom stereocenters. The van der Waals surface area contributed by atoms with Gasteiger partial charge in [-0.1, -0.05) is 11.6 Å². The number of urea groups is 1. The Balaban J connectivity index is 1.50. The Hall–Kier alpha value is -3.91. The van der Waals surface area contributed by atoms with Crippen LogP contribution in [-0.2, 0) is 27.4 Å². The molecule has 1 saturated heterocycles. The van der Waals surface area contributed by atoms with Crippen molar-refractivity contribution in [1.29, 1.82) is 0 Å². The average molecular weight is 615 g/mol. The second-order valence-corrected chi connectivity index (χ2v) is 11.5. The number of rotatable bonds is 5. The van der Waals surface area contributed by atoms with Crippen molar-refractivity contribution in [2.24, 2.45) is 0 Å². The standard InChI is InChI=1S/C26H20ClF5N4O4S/c27-16-11-19(28)23(20(29)12-16)34-41(39,40)18-10-14-7-9-36(24(14)21(13-18)35-8-1-2-22(35)37)25(38)33-17-5-3-15(4-6-17)26(30,31)32/h3-6,10-13,34H,1-2,7-9H2,(H,33,38). The molecule has 15 heteroatoms. The normalized spacial score (nSPS) is 15.3. The minimum absolute atomic E-state index is 0.0637. The minimum atomic E-state index is -4.59. The lowest BCUT2D eigenvalue weighted by atomic mass is 10.1. The van der Waals surface area contributed by atoms with E-state index >= 15 is 0 Å². The molecule has 216 valence electrons. The zero-order valence-electron chi connectivity index (χ0n) is 20.9. The smallest absolute Gasteiger partial charge is 0.310 e. The molecule has 2 N–H and O–H groups in total. The van der Waals surface area contributed by atoms with Gasteiger partial charge in [-0.2, -0.15) is 13.2 Å². The summed E-state index contributed by atoms with van der Waals surface area (Å²) in [6, 6.07) is 6.97. The van der Waals surface area contributed by atoms with Crippen LogP contribution in [0.25, 0.3) is 0 Å². The quantitative estimate of drug-likeness (QED) is 0.336. The zero-order chi connectivity index (χ0) is 29.7. The minimum Gasteiger partial charge on any atom is -0.310 e. The fourth-order valence-electron chi connectivity index (χ4n) is 4.73. The van der Waals surface area contributed by atoms with Crippen LogP contribution in [0, 0.1) is 11.6 Å². The molecule has 5 rings (SSSR count). The van der Waals surface area contributed by atoms with E-state index < -0.39 is 50.0 Å². The molecule has 0 spiro atoms. The molecule has 2 heterocycles. The highest BCUT2D eigenvalue weighted by Crippen LogP contribution is 2.42. The molecule has 0 saturated carbocycles. The second kappa shape index (κ2) is 10.5. The first-order valence-corrected chi connectivity index (χ1v) is 14.0. The van der Waals surface area contributed by atoms with Crippen LogP contribution in [0.4, 0.5) is 49.5 Å². The Bertz CT molecular complexity index is 1640. The van der Waals surface area contributed by atoms with Gasteiger partial charge in [0.25, 0.3) is 10.0 Å². The molecule has 0 radical (unpaired) electrons. The van der Waals surface area contributed by atoms with Crippen LogP contribution in [0.3, 0.4) is 0 Å². The van der Waals surface area contributed by atoms with Crippen molar-refractivity contribution in [3.8, 4) is 0 Å². The van der Waals surface area contributed by atoms with Crippen molar-refractivity contribution in [2.45, 2.75) is 30.3 Å². The number of halogens is 6. The van der Waals surface area contributed by atoms with Crippen LogP contribution >= 0.6 is 11.6 Å². The molecule has 0 bridgehead atoms. The van der Waals surface area contributed by atoms with E-state index in [2.05, 4.69) is 5.32 Å². The van der Waals surface area contributed by atoms with Crippen molar-refractivity contribution in [3.63, 3.8) is 0 Å². The topological polar surface area (TPSA) is 98.8 Å². The molecule has 2 aliphatic heterocycles. The van der Waals surface area contributed by atoms with Gasteiger partial charge in [-0.25, -0.2) is 22.0 Å². The molecular formula is C26H20ClF5N4O4S. The van der Waals surface area contributed by atoms with E-state index in [1.165, 1.54) is 15.9 Å². The Morgan fingerprint density at radius 2 is 1.61 bits per heavy atom. The molecule has 2 aliphatic rings. The van der Waals surface area contributed by atoms with Crippen LogP contribution in [0.1, 0.15) is 24.0 Å². The maximum absolute atomic E-state index is 14.3. The highest BCUT2D eigenvalue weighted by molar-refractivity contribution is 7.92. The van der Waals surface area contributed by atoms with Crippen molar-refractivity contribution < 1.29 is 40.0 Å². The summed E-state index contributed by atoms with van der Waals surface area (Å²) in [4.78, 5) is 28.1. The van der Waals surface area contributed by atoms with Crippen molar-refractivity contribution in [3.05, 3.63) is 76.3 Å². The van der Waals surface area contributed by atoms with Gasteiger partial charge in [0.1, 0.15) is 5.69 Å². The summed E-state index contributed by atoms with van der Waals surface area (Å²) in [5.41, 5.74) is -1.04. The summed E-state index contributed by atoms with van der Waals surface area (Å²) < 4.78 is 95.7. The third kappa shape index (κ3) is 5.66. The molecule has 3 aromatic rings. The summed E-state index contributed by atoms with van der Waals surface area (Å²) in [6.45, 7) is 0.297. The molecule has 3 aromatic carbocycles. The molecule has 41 heavy (non-hydrogen) atoms. The maximum Gasteiger partial charge on any atom is 0.416 e. The van der Waals surface area contributed by atoms with Gasteiger partial charge in [-0.3, -0.25) is 14.4 Å². The van der Waals surface area contributed by atoms with E-state index in [4.69, 9.17) is 11.6 Å². The first-order valence-electron chi connectivity index (χ1n) is 12.1. The number of carbonyl (C=O) groups is 2. The number of hydrogen-bond donors (Lipinski definition) is 2. The molecular weight excluding hydrogens is 595 g/mol. The molecule has 0 unspecified atom stereocenters. The van der Waals surface area contributed by atoms with Gasteiger partial charge in [-0.15, -0.1) is 0 Å². The van der Waals surface area contributed by atoms with E-state index in [-0.39, 0.29) is 53.9 Å². The fraction of sp³-hybridized carbons (Fsp3) is 0.231. The van der Waals surface area contributed by atoms with Crippen LogP contribution in [-0.4, -0.2) is 33.4 Å². The van der Waals surface area contributed by atoms with Gasteiger partial charge >= 0.3 is 12.2 Å². The zero-order valence-corrected chi connectivity index (χ0v) is 22.4. The Kier molecular flexibility index (Phi) is 7.32. The van der Waals surface area contributed by atoms with Crippen LogP contribution in [0.5, 0.6) is 0 Å². The van der Waals surface area contributed by atoms with E-state index in [9.17, 15) is 40.0 Å². The summed E-state index contributed by atoms with van der Waals surface area (Å²) >= 11 is 5.62. The number of fused-ring (bicyclic) bond motifs is 1. The average Bonchev–Trinajstić information content (AvgIpc) is 3.52. The van der Waals surface area contributed by atoms with E-state index in [1.807, 2.05) is 4.72 Å². The molecule has 8 nitrogen and oxygen atoms in total. The van der Waals surface area contributed by atoms with Crippen molar-refractivity contribution >= 4 is 56.3 Å². The first-order chi connectivity index (χ1) is 19.2. The predicted molar refractivity (Wildman–Crippen MR) is 142 cm³/mol. The van der Waals surface area contributed by atoms with Gasteiger partial charge in [0, 0.05) is 30.2 Å². The molecule has 0 aromatic heterocycles. The second-order valence-electron chi connectivity index (χ2n) is 9.36. The van der Waals surface area contributed by atoms with E-state index in [1.54, 1.807) is 0 Å². The van der Waals surface area contributed by atoms with E-state index in [0.717, 1.165) is 42.5 Å². The number of carbonyl (C=O) groups excluding carboxylic acids is 2. The van der Waals surface area contributed by atoms with Gasteiger partial charge < -0.3 is 10.2 Å². The highest BCUT2D eigenvalue weighted by atomic mass is 35.5. The lowest BCUT2D eigenvalue weighted by Crippen LogP contribution is -2.35. The number of sulfonamides is 1. The lowest BCUT2D eigenvalue weighted by Gasteiger charge is -2.26. The van der Waals surface area contributed by atoms with Gasteiger partial charge in [0.05, 0.1) is 21.8 Å². The first kappa shape index (κ1) is 28.6. The number of nitrogens with zero attached hydrogens (tertiary/aromatic N) is 2. The van der Waals surface area contributed by atoms with Crippen LogP contribution < -0.4 is 19.8 Å². The summed E-state index contributed by atoms with van der Waals surface area (Å²) in [6.07, 6.45) is -3.73. The molecule has 0 aliphatic carbocycles. The van der Waals surface area contributed by atoms with E-state index in [0.29, 0.717) is 12.0 Å². The fourth-order valence-corrected chi connectivity index (χ4v) is 6.07. The highest BCUT2D eigenvalue weighted by Gasteiger charge is 2.35. The van der Waals surface area contributed by atoms with Gasteiger partial charge in [0.15, 0.2) is 11.6 Å². The van der Waals surface area contributed by atoms with Gasteiger partial charge in [-0.05, 0) is 66.9 Å².